The molecule has 0 spiro atoms. The molecule has 0 atom stereocenters. The van der Waals surface area contributed by atoms with Gasteiger partial charge in [-0.3, -0.25) is 0 Å². The summed E-state index contributed by atoms with van der Waals surface area (Å²) in [5.74, 6) is -0.340. The van der Waals surface area contributed by atoms with Gasteiger partial charge in [-0.15, -0.1) is 0 Å². The van der Waals surface area contributed by atoms with Crippen LogP contribution in [0.3, 0.4) is 0 Å². The molecule has 0 aromatic heterocycles. The molecule has 0 aliphatic rings. The molecular weight excluding hydrogens is 1120 g/mol. The van der Waals surface area contributed by atoms with Crippen molar-refractivity contribution < 1.29 is 55.7 Å². The van der Waals surface area contributed by atoms with Crippen molar-refractivity contribution in [3.63, 3.8) is 0 Å². The third-order valence-corrected chi connectivity index (χ3v) is 52.7. The van der Waals surface area contributed by atoms with Crippen LogP contribution in [0.25, 0.3) is 0 Å². The summed E-state index contributed by atoms with van der Waals surface area (Å²) in [6, 6.07) is 5.09. The monoisotopic (exact) mass is 1230 g/mol. The summed E-state index contributed by atoms with van der Waals surface area (Å²) in [7, 11) is -34.3. The van der Waals surface area contributed by atoms with Crippen LogP contribution in [-0.4, -0.2) is 146 Å². The maximum atomic E-state index is 11.8. The number of carbonyl (C=O) groups is 1. The van der Waals surface area contributed by atoms with E-state index in [1.165, 1.54) is 0 Å². The standard InChI is InChI=1S/C41H110O13Si15/c1-39(2)40(42)43-38-56-48-64(24,25)33-32-55-47-65(26,27)34-36-68(49-60(12,13)14,50-61(15,16)17)53-66(28,29)35-37-69(51-62(18,19)20,52-63(21,22)23)54-67(30,31)41(44-57(3,4)5,45-58(6,7)8)46-59(9,10)11/h1,32-38,55-56H2,2-31H3. The van der Waals surface area contributed by atoms with E-state index in [1.807, 2.05) is 0 Å². The Kier molecular flexibility index (Phi) is 26.9. The van der Waals surface area contributed by atoms with Gasteiger partial charge in [0.2, 0.25) is 0 Å². The van der Waals surface area contributed by atoms with Crippen molar-refractivity contribution in [2.75, 3.05) is 6.23 Å². The number of carbonyl (C=O) groups excluding carboxylic acids is 1. The molecule has 0 radical (unpaired) electrons. The van der Waals surface area contributed by atoms with E-state index >= 15 is 0 Å². The van der Waals surface area contributed by atoms with E-state index in [4.69, 9.17) is 50.9 Å². The van der Waals surface area contributed by atoms with Gasteiger partial charge in [-0.2, -0.15) is 0 Å². The van der Waals surface area contributed by atoms with Crippen molar-refractivity contribution in [3.8, 4) is 0 Å². The number of esters is 1. The Labute approximate surface area is 444 Å². The fourth-order valence-electron chi connectivity index (χ4n) is 7.34. The number of ether oxygens (including phenoxy) is 1. The topological polar surface area (TPSA) is 128 Å². The normalized spacial score (nSPS) is 15.6. The average molecular weight is 1230 g/mol. The maximum absolute atomic E-state index is 11.8. The van der Waals surface area contributed by atoms with Gasteiger partial charge in [0.15, 0.2) is 92.9 Å². The second-order valence-corrected chi connectivity index (χ2v) is 86.9. The van der Waals surface area contributed by atoms with Gasteiger partial charge in [0.1, 0.15) is 16.0 Å². The molecule has 0 fully saturated rings. The van der Waals surface area contributed by atoms with Gasteiger partial charge in [-0.1, -0.05) is 6.58 Å². The minimum Gasteiger partial charge on any atom is -0.464 e. The molecule has 0 unspecified atom stereocenters. The van der Waals surface area contributed by atoms with E-state index in [2.05, 4.69) is 196 Å². The van der Waals surface area contributed by atoms with E-state index in [9.17, 15) is 4.79 Å². The quantitative estimate of drug-likeness (QED) is 0.0197. The Morgan fingerprint density at radius 1 is 0.406 bits per heavy atom. The second-order valence-electron chi connectivity index (χ2n) is 28.1. The highest BCUT2D eigenvalue weighted by atomic mass is 28.5. The highest BCUT2D eigenvalue weighted by Gasteiger charge is 2.64. The van der Waals surface area contributed by atoms with Gasteiger partial charge in [0, 0.05) is 17.7 Å². The summed E-state index contributed by atoms with van der Waals surface area (Å²) in [5, 5.41) is 0. The number of hydrogen-bond acceptors (Lipinski definition) is 13. The summed E-state index contributed by atoms with van der Waals surface area (Å²) in [6.07, 6.45) is 0.383. The lowest BCUT2D eigenvalue weighted by Gasteiger charge is -2.54. The van der Waals surface area contributed by atoms with Crippen LogP contribution in [0, 0.1) is 0 Å². The third-order valence-electron chi connectivity index (χ3n) is 9.39. The Bertz CT molecular complexity index is 1530. The van der Waals surface area contributed by atoms with E-state index < -0.39 is 134 Å². The average Bonchev–Trinajstić information content (AvgIpc) is 3.01. The van der Waals surface area contributed by atoms with Gasteiger partial charge in [0.05, 0.1) is 0 Å². The van der Waals surface area contributed by atoms with Gasteiger partial charge in [0.25, 0.3) is 13.9 Å². The summed E-state index contributed by atoms with van der Waals surface area (Å²) < 4.78 is 85.7. The van der Waals surface area contributed by atoms with Crippen LogP contribution in [0.2, 0.25) is 226 Å². The predicted octanol–water partition coefficient (Wildman–Crippen LogP) is 12.6. The molecule has 0 N–H and O–H groups in total. The van der Waals surface area contributed by atoms with Crippen LogP contribution in [-0.2, 0) is 55.7 Å². The third kappa shape index (κ3) is 32.4. The van der Waals surface area contributed by atoms with Crippen LogP contribution in [0.4, 0.5) is 0 Å². The zero-order valence-corrected chi connectivity index (χ0v) is 66.2. The van der Waals surface area contributed by atoms with Crippen LogP contribution in [0.15, 0.2) is 12.2 Å². The molecular formula is C41H110O13Si15. The first kappa shape index (κ1) is 71.0. The highest BCUT2D eigenvalue weighted by molar-refractivity contribution is 6.94. The summed E-state index contributed by atoms with van der Waals surface area (Å²) in [6.45, 7) is 70.5. The first-order valence-corrected chi connectivity index (χ1v) is 68.6. The van der Waals surface area contributed by atoms with Crippen LogP contribution in [0.1, 0.15) is 6.92 Å². The molecule has 0 aliphatic heterocycles. The molecule has 0 aliphatic carbocycles. The molecule has 0 bridgehead atoms. The zero-order valence-electron chi connectivity index (χ0n) is 50.4. The molecule has 0 aromatic rings. The number of hydrogen-bond donors (Lipinski definition) is 0. The van der Waals surface area contributed by atoms with Gasteiger partial charge < -0.3 is 50.9 Å². The van der Waals surface area contributed by atoms with E-state index in [0.717, 1.165) is 30.2 Å². The largest absolute Gasteiger partial charge is 0.469 e. The maximum Gasteiger partial charge on any atom is 0.469 e. The number of rotatable bonds is 35. The molecule has 0 saturated heterocycles. The van der Waals surface area contributed by atoms with Crippen molar-refractivity contribution in [2.45, 2.75) is 239 Å². The molecule has 0 heterocycles. The van der Waals surface area contributed by atoms with Crippen molar-refractivity contribution in [2.24, 2.45) is 0 Å². The lowest BCUT2D eigenvalue weighted by Crippen LogP contribution is -2.73. The molecule has 0 aromatic carbocycles. The molecule has 0 amide bonds. The predicted molar refractivity (Wildman–Crippen MR) is 331 cm³/mol. The highest BCUT2D eigenvalue weighted by Crippen LogP contribution is 2.43. The van der Waals surface area contributed by atoms with Crippen molar-refractivity contribution in [1.29, 1.82) is 0 Å². The van der Waals surface area contributed by atoms with Gasteiger partial charge >= 0.3 is 23.6 Å². The van der Waals surface area contributed by atoms with Gasteiger partial charge in [-0.25, -0.2) is 4.79 Å². The SMILES string of the molecule is C=C(C)C(=O)OC[SiH2]O[Si](C)(C)CC[SiH2]O[Si](C)(C)CC[Si](O[Si](C)(C)C)(O[Si](C)(C)C)O[Si](C)(C)CC[Si](O[Si](C)(C)C)(O[Si](C)(C)C)O[Si](C)(C)C(O[Si](C)(C)C)(O[Si](C)(C)C)O[Si](C)(C)C. The Hall–Kier alpha value is 2.02. The smallest absolute Gasteiger partial charge is 0.464 e. The first-order valence-electron chi connectivity index (χ1n) is 25.5. The van der Waals surface area contributed by atoms with Gasteiger partial charge in [-0.05, 0) is 221 Å². The minimum absolute atomic E-state index is 0.340. The van der Waals surface area contributed by atoms with Crippen LogP contribution >= 0.6 is 0 Å². The van der Waals surface area contributed by atoms with Crippen molar-refractivity contribution in [3.05, 3.63) is 12.2 Å². The van der Waals surface area contributed by atoms with E-state index in [1.54, 1.807) is 6.92 Å². The Morgan fingerprint density at radius 3 is 1.06 bits per heavy atom. The van der Waals surface area contributed by atoms with Crippen molar-refractivity contribution in [1.82, 2.24) is 0 Å². The fourth-order valence-corrected chi connectivity index (χ4v) is 62.0. The molecule has 412 valence electrons. The van der Waals surface area contributed by atoms with Crippen molar-refractivity contribution >= 4 is 135 Å². The zero-order chi connectivity index (χ0) is 55.0. The molecule has 13 nitrogen and oxygen atoms in total. The Morgan fingerprint density at radius 2 is 0.725 bits per heavy atom. The molecule has 0 rings (SSSR count). The first-order chi connectivity index (χ1) is 30.1. The summed E-state index contributed by atoms with van der Waals surface area (Å²) >= 11 is 0. The molecule has 0 saturated carbocycles. The fraction of sp³-hybridized carbons (Fsp3) is 0.927. The second kappa shape index (κ2) is 26.1. The lowest BCUT2D eigenvalue weighted by atomic mass is 10.4. The summed E-state index contributed by atoms with van der Waals surface area (Å²) in [4.78, 5) is 11.8. The lowest BCUT2D eigenvalue weighted by molar-refractivity contribution is -0.219. The Balaban J connectivity index is 7.21. The molecule has 69 heavy (non-hydrogen) atoms. The van der Waals surface area contributed by atoms with Crippen LogP contribution < -0.4 is 0 Å². The van der Waals surface area contributed by atoms with E-state index in [0.29, 0.717) is 17.8 Å². The van der Waals surface area contributed by atoms with Crippen LogP contribution in [0.5, 0.6) is 0 Å². The summed E-state index contributed by atoms with van der Waals surface area (Å²) in [5.41, 5.74) is -0.916. The van der Waals surface area contributed by atoms with E-state index in [-0.39, 0.29) is 5.97 Å². The minimum atomic E-state index is -3.55. The molecule has 28 heteroatoms.